The minimum absolute atomic E-state index is 0.0860. The van der Waals surface area contributed by atoms with Crippen LogP contribution in [0.2, 0.25) is 0 Å². The number of nitrogens with zero attached hydrogens (tertiary/aromatic N) is 2. The van der Waals surface area contributed by atoms with E-state index < -0.39 is 5.97 Å². The highest BCUT2D eigenvalue weighted by molar-refractivity contribution is 5.81. The average Bonchev–Trinajstić information content (AvgIpc) is 2.47. The molecule has 6 nitrogen and oxygen atoms in total. The van der Waals surface area contributed by atoms with Gasteiger partial charge in [0.2, 0.25) is 5.91 Å². The number of carboxylic acid groups (broad SMARTS) is 1. The quantitative estimate of drug-likeness (QED) is 0.645. The van der Waals surface area contributed by atoms with Gasteiger partial charge in [0.1, 0.15) is 12.4 Å². The second-order valence-electron chi connectivity index (χ2n) is 4.81. The Balaban J connectivity index is 2.20. The number of carbonyl (C=O) groups is 2. The molecule has 0 aromatic carbocycles. The Bertz CT molecular complexity index is 437. The van der Waals surface area contributed by atoms with Crippen LogP contribution in [0, 0.1) is 0 Å². The topological polar surface area (TPSA) is 82.5 Å². The molecule has 0 saturated carbocycles. The third-order valence-corrected chi connectivity index (χ3v) is 2.96. The van der Waals surface area contributed by atoms with Crippen molar-refractivity contribution in [3.8, 4) is 0 Å². The molecule has 1 rings (SSSR count). The third-order valence-electron chi connectivity index (χ3n) is 2.96. The molecule has 0 fully saturated rings. The first-order valence-corrected chi connectivity index (χ1v) is 7.28. The van der Waals surface area contributed by atoms with Crippen molar-refractivity contribution in [2.75, 3.05) is 25.0 Å². The standard InChI is InChI=1S/C15H23N3O3/c1-2-11-18(12-15(20)21)14(19)8-4-6-10-17-13-7-3-5-9-16-13/h3,5,7,9H,2,4,6,8,10-12H2,1H3,(H,16,17)(H,20,21). The largest absolute Gasteiger partial charge is 0.480 e. The molecule has 116 valence electrons. The van der Waals surface area contributed by atoms with Crippen molar-refractivity contribution in [3.63, 3.8) is 0 Å². The Labute approximate surface area is 125 Å². The second kappa shape index (κ2) is 9.74. The summed E-state index contributed by atoms with van der Waals surface area (Å²) in [6, 6.07) is 5.66. The van der Waals surface area contributed by atoms with Gasteiger partial charge in [0.15, 0.2) is 0 Å². The van der Waals surface area contributed by atoms with Crippen LogP contribution in [0.1, 0.15) is 32.6 Å². The molecule has 1 aromatic rings. The predicted octanol–water partition coefficient (Wildman–Crippen LogP) is 1.99. The number of carbonyl (C=O) groups excluding carboxylic acids is 1. The van der Waals surface area contributed by atoms with Crippen LogP contribution in [-0.2, 0) is 9.59 Å². The van der Waals surface area contributed by atoms with Crippen molar-refractivity contribution in [1.29, 1.82) is 0 Å². The van der Waals surface area contributed by atoms with Gasteiger partial charge >= 0.3 is 5.97 Å². The van der Waals surface area contributed by atoms with E-state index in [1.807, 2.05) is 25.1 Å². The van der Waals surface area contributed by atoms with E-state index in [9.17, 15) is 9.59 Å². The first-order valence-electron chi connectivity index (χ1n) is 7.28. The number of amides is 1. The molecule has 0 aliphatic carbocycles. The Morgan fingerprint density at radius 1 is 1.33 bits per heavy atom. The number of hydrogen-bond donors (Lipinski definition) is 2. The fourth-order valence-electron chi connectivity index (χ4n) is 1.97. The lowest BCUT2D eigenvalue weighted by atomic mass is 10.2. The van der Waals surface area contributed by atoms with Gasteiger partial charge < -0.3 is 15.3 Å². The van der Waals surface area contributed by atoms with Gasteiger partial charge in [0, 0.05) is 25.7 Å². The minimum Gasteiger partial charge on any atom is -0.480 e. The van der Waals surface area contributed by atoms with Gasteiger partial charge in [-0.05, 0) is 31.4 Å². The van der Waals surface area contributed by atoms with Crippen molar-refractivity contribution < 1.29 is 14.7 Å². The number of aliphatic carboxylic acids is 1. The van der Waals surface area contributed by atoms with Crippen LogP contribution in [0.4, 0.5) is 5.82 Å². The summed E-state index contributed by atoms with van der Waals surface area (Å²) in [6.45, 7) is 2.96. The summed E-state index contributed by atoms with van der Waals surface area (Å²) >= 11 is 0. The Morgan fingerprint density at radius 3 is 2.76 bits per heavy atom. The first kappa shape index (κ1) is 16.9. The van der Waals surface area contributed by atoms with Crippen molar-refractivity contribution in [3.05, 3.63) is 24.4 Å². The summed E-state index contributed by atoms with van der Waals surface area (Å²) in [5, 5.41) is 12.0. The zero-order valence-electron chi connectivity index (χ0n) is 12.4. The molecule has 0 aliphatic rings. The van der Waals surface area contributed by atoms with E-state index in [0.717, 1.165) is 31.6 Å². The number of anilines is 1. The van der Waals surface area contributed by atoms with E-state index in [1.54, 1.807) is 6.20 Å². The van der Waals surface area contributed by atoms with E-state index in [-0.39, 0.29) is 12.5 Å². The summed E-state index contributed by atoms with van der Waals surface area (Å²) < 4.78 is 0. The Kier molecular flexibility index (Phi) is 7.86. The summed E-state index contributed by atoms with van der Waals surface area (Å²) in [4.78, 5) is 28.2. The molecular weight excluding hydrogens is 270 g/mol. The normalized spacial score (nSPS) is 10.1. The fraction of sp³-hybridized carbons (Fsp3) is 0.533. The van der Waals surface area contributed by atoms with Crippen LogP contribution in [-0.4, -0.2) is 46.5 Å². The van der Waals surface area contributed by atoms with E-state index in [1.165, 1.54) is 4.90 Å². The van der Waals surface area contributed by atoms with Crippen molar-refractivity contribution >= 4 is 17.7 Å². The van der Waals surface area contributed by atoms with E-state index in [4.69, 9.17) is 5.11 Å². The van der Waals surface area contributed by atoms with Gasteiger partial charge in [-0.1, -0.05) is 13.0 Å². The molecule has 0 spiro atoms. The van der Waals surface area contributed by atoms with Crippen LogP contribution in [0.5, 0.6) is 0 Å². The van der Waals surface area contributed by atoms with Gasteiger partial charge in [-0.25, -0.2) is 4.98 Å². The predicted molar refractivity (Wildman–Crippen MR) is 81.1 cm³/mol. The maximum absolute atomic E-state index is 11.9. The number of carboxylic acids is 1. The molecule has 21 heavy (non-hydrogen) atoms. The van der Waals surface area contributed by atoms with Gasteiger partial charge in [0.25, 0.3) is 0 Å². The molecule has 0 bridgehead atoms. The highest BCUT2D eigenvalue weighted by atomic mass is 16.4. The molecule has 1 aromatic heterocycles. The second-order valence-corrected chi connectivity index (χ2v) is 4.81. The molecule has 1 amide bonds. The van der Waals surface area contributed by atoms with Crippen molar-refractivity contribution in [2.45, 2.75) is 32.6 Å². The lowest BCUT2D eigenvalue weighted by molar-refractivity contribution is -0.144. The third kappa shape index (κ3) is 7.29. The first-order chi connectivity index (χ1) is 10.1. The number of rotatable bonds is 10. The molecule has 0 aliphatic heterocycles. The zero-order valence-corrected chi connectivity index (χ0v) is 12.4. The number of hydrogen-bond acceptors (Lipinski definition) is 4. The zero-order chi connectivity index (χ0) is 15.5. The number of aromatic nitrogens is 1. The van der Waals surface area contributed by atoms with Gasteiger partial charge in [-0.2, -0.15) is 0 Å². The molecule has 0 unspecified atom stereocenters. The molecule has 2 N–H and O–H groups in total. The Hall–Kier alpha value is -2.11. The summed E-state index contributed by atoms with van der Waals surface area (Å²) in [5.74, 6) is -0.229. The summed E-state index contributed by atoms with van der Waals surface area (Å²) in [6.07, 6.45) is 4.45. The fourth-order valence-corrected chi connectivity index (χ4v) is 1.97. The molecule has 0 atom stereocenters. The summed E-state index contributed by atoms with van der Waals surface area (Å²) in [7, 11) is 0. The highest BCUT2D eigenvalue weighted by Crippen LogP contribution is 2.04. The minimum atomic E-state index is -0.964. The van der Waals surface area contributed by atoms with Crippen LogP contribution < -0.4 is 5.32 Å². The lowest BCUT2D eigenvalue weighted by Gasteiger charge is -2.19. The van der Waals surface area contributed by atoms with E-state index >= 15 is 0 Å². The molecule has 0 saturated heterocycles. The average molecular weight is 293 g/mol. The molecule has 1 heterocycles. The van der Waals surface area contributed by atoms with Crippen LogP contribution >= 0.6 is 0 Å². The number of pyridine rings is 1. The lowest BCUT2D eigenvalue weighted by Crippen LogP contribution is -2.36. The van der Waals surface area contributed by atoms with Gasteiger partial charge in [0.05, 0.1) is 0 Å². The van der Waals surface area contributed by atoms with E-state index in [0.29, 0.717) is 13.0 Å². The Morgan fingerprint density at radius 2 is 2.14 bits per heavy atom. The number of unbranched alkanes of at least 4 members (excludes halogenated alkanes) is 1. The van der Waals surface area contributed by atoms with Gasteiger partial charge in [-0.15, -0.1) is 0 Å². The molecule has 0 radical (unpaired) electrons. The van der Waals surface area contributed by atoms with Crippen LogP contribution in [0.25, 0.3) is 0 Å². The van der Waals surface area contributed by atoms with Crippen LogP contribution in [0.15, 0.2) is 24.4 Å². The maximum atomic E-state index is 11.9. The van der Waals surface area contributed by atoms with Crippen molar-refractivity contribution in [1.82, 2.24) is 9.88 Å². The van der Waals surface area contributed by atoms with Crippen LogP contribution in [0.3, 0.4) is 0 Å². The van der Waals surface area contributed by atoms with E-state index in [2.05, 4.69) is 10.3 Å². The maximum Gasteiger partial charge on any atom is 0.323 e. The summed E-state index contributed by atoms with van der Waals surface area (Å²) in [5.41, 5.74) is 0. The SMILES string of the molecule is CCCN(CC(=O)O)C(=O)CCCCNc1ccccn1. The highest BCUT2D eigenvalue weighted by Gasteiger charge is 2.14. The monoisotopic (exact) mass is 293 g/mol. The van der Waals surface area contributed by atoms with Crippen molar-refractivity contribution in [2.24, 2.45) is 0 Å². The molecular formula is C15H23N3O3. The smallest absolute Gasteiger partial charge is 0.323 e. The molecule has 6 heteroatoms. The number of nitrogens with one attached hydrogen (secondary N) is 1. The van der Waals surface area contributed by atoms with Gasteiger partial charge in [-0.3, -0.25) is 9.59 Å².